The minimum Gasteiger partial charge on any atom is -0.390 e. The Labute approximate surface area is 132 Å². The predicted octanol–water partition coefficient (Wildman–Crippen LogP) is 4.23. The van der Waals surface area contributed by atoms with E-state index >= 15 is 0 Å². The van der Waals surface area contributed by atoms with Gasteiger partial charge in [0.2, 0.25) is 0 Å². The fraction of sp³-hybridized carbons (Fsp3) is 0.625. The molecule has 1 aromatic rings. The molecule has 118 valence electrons. The zero-order valence-corrected chi connectivity index (χ0v) is 13.9. The zero-order valence-electron chi connectivity index (χ0n) is 12.3. The Hall–Kier alpha value is -0.520. The summed E-state index contributed by atoms with van der Waals surface area (Å²) in [5.41, 5.74) is -0.801. The summed E-state index contributed by atoms with van der Waals surface area (Å²) in [4.78, 5) is 0. The predicted molar refractivity (Wildman–Crippen MR) is 81.1 cm³/mol. The second kappa shape index (κ2) is 6.71. The van der Waals surface area contributed by atoms with Crippen LogP contribution in [0.1, 0.15) is 38.2 Å². The molecule has 0 radical (unpaired) electrons. The second-order valence-corrected chi connectivity index (χ2v) is 6.87. The molecule has 0 amide bonds. The lowest BCUT2D eigenvalue weighted by atomic mass is 9.74. The third-order valence-corrected chi connectivity index (χ3v) is 5.15. The highest BCUT2D eigenvalue weighted by Gasteiger charge is 2.42. The van der Waals surface area contributed by atoms with E-state index in [0.717, 1.165) is 12.8 Å². The molecular formula is C16H21BrF2O2. The largest absolute Gasteiger partial charge is 0.390 e. The molecule has 0 spiro atoms. The van der Waals surface area contributed by atoms with Gasteiger partial charge >= 0.3 is 0 Å². The lowest BCUT2D eigenvalue weighted by Crippen LogP contribution is -2.48. The van der Waals surface area contributed by atoms with Crippen LogP contribution in [0.15, 0.2) is 16.6 Å². The molecule has 1 aliphatic carbocycles. The summed E-state index contributed by atoms with van der Waals surface area (Å²) < 4.78 is 33.7. The third-order valence-electron chi connectivity index (χ3n) is 4.54. The molecule has 2 nitrogen and oxygen atoms in total. The molecule has 1 saturated carbocycles. The standard InChI is InChI=1S/C16H21BrF2O2/c1-10-4-3-7-16(9-10,21-2)14(20)8-11-13(18)6-5-12(17)15(11)19/h5-6,10,14,20H,3-4,7-9H2,1-2H3. The van der Waals surface area contributed by atoms with Gasteiger partial charge in [-0.2, -0.15) is 0 Å². The van der Waals surface area contributed by atoms with E-state index < -0.39 is 23.3 Å². The van der Waals surface area contributed by atoms with Crippen LogP contribution in [-0.2, 0) is 11.2 Å². The van der Waals surface area contributed by atoms with Gasteiger partial charge in [0.15, 0.2) is 0 Å². The summed E-state index contributed by atoms with van der Waals surface area (Å²) in [6, 6.07) is 2.54. The van der Waals surface area contributed by atoms with Crippen molar-refractivity contribution in [1.82, 2.24) is 0 Å². The van der Waals surface area contributed by atoms with E-state index in [1.807, 2.05) is 0 Å². The van der Waals surface area contributed by atoms with Crippen molar-refractivity contribution in [3.8, 4) is 0 Å². The summed E-state index contributed by atoms with van der Waals surface area (Å²) in [5.74, 6) is -0.848. The van der Waals surface area contributed by atoms with Crippen LogP contribution < -0.4 is 0 Å². The first-order chi connectivity index (χ1) is 9.89. The Morgan fingerprint density at radius 3 is 2.81 bits per heavy atom. The first-order valence-corrected chi connectivity index (χ1v) is 8.04. The van der Waals surface area contributed by atoms with Crippen molar-refractivity contribution in [1.29, 1.82) is 0 Å². The number of rotatable bonds is 4. The van der Waals surface area contributed by atoms with E-state index in [0.29, 0.717) is 18.8 Å². The van der Waals surface area contributed by atoms with E-state index in [9.17, 15) is 13.9 Å². The molecule has 21 heavy (non-hydrogen) atoms. The molecule has 0 heterocycles. The molecule has 0 saturated heterocycles. The average molecular weight is 363 g/mol. The molecule has 0 aromatic heterocycles. The number of aliphatic hydroxyl groups excluding tert-OH is 1. The SMILES string of the molecule is COC1(C(O)Cc2c(F)ccc(Br)c2F)CCCC(C)C1. The summed E-state index contributed by atoms with van der Waals surface area (Å²) >= 11 is 3.05. The summed E-state index contributed by atoms with van der Waals surface area (Å²) in [7, 11) is 1.56. The Bertz CT molecular complexity index is 509. The maximum atomic E-state index is 14.1. The van der Waals surface area contributed by atoms with Gasteiger partial charge in [0, 0.05) is 19.1 Å². The quantitative estimate of drug-likeness (QED) is 0.812. The molecule has 0 bridgehead atoms. The normalized spacial score (nSPS) is 27.6. The average Bonchev–Trinajstić information content (AvgIpc) is 2.47. The molecule has 2 rings (SSSR count). The maximum Gasteiger partial charge on any atom is 0.143 e. The van der Waals surface area contributed by atoms with Crippen LogP contribution in [0.2, 0.25) is 0 Å². The Kier molecular flexibility index (Phi) is 5.38. The number of aliphatic hydroxyl groups is 1. The maximum absolute atomic E-state index is 14.1. The minimum absolute atomic E-state index is 0.0856. The zero-order chi connectivity index (χ0) is 15.6. The van der Waals surface area contributed by atoms with Gasteiger partial charge in [-0.15, -0.1) is 0 Å². The summed E-state index contributed by atoms with van der Waals surface area (Å²) in [5, 5.41) is 10.6. The topological polar surface area (TPSA) is 29.5 Å². The Balaban J connectivity index is 2.24. The molecule has 1 aliphatic rings. The van der Waals surface area contributed by atoms with Crippen molar-refractivity contribution in [3.63, 3.8) is 0 Å². The van der Waals surface area contributed by atoms with E-state index in [-0.39, 0.29) is 16.5 Å². The number of halogens is 3. The van der Waals surface area contributed by atoms with Crippen LogP contribution in [0.25, 0.3) is 0 Å². The van der Waals surface area contributed by atoms with Crippen LogP contribution >= 0.6 is 15.9 Å². The van der Waals surface area contributed by atoms with Crippen LogP contribution in [0.4, 0.5) is 8.78 Å². The van der Waals surface area contributed by atoms with Gasteiger partial charge in [-0.05, 0) is 46.8 Å². The van der Waals surface area contributed by atoms with Gasteiger partial charge in [0.1, 0.15) is 11.6 Å². The lowest BCUT2D eigenvalue weighted by Gasteiger charge is -2.42. The van der Waals surface area contributed by atoms with Crippen molar-refractivity contribution in [2.24, 2.45) is 5.92 Å². The van der Waals surface area contributed by atoms with Crippen LogP contribution in [0.3, 0.4) is 0 Å². The van der Waals surface area contributed by atoms with Crippen molar-refractivity contribution in [2.75, 3.05) is 7.11 Å². The summed E-state index contributed by atoms with van der Waals surface area (Å²) in [6.45, 7) is 2.11. The highest BCUT2D eigenvalue weighted by Crippen LogP contribution is 2.38. The van der Waals surface area contributed by atoms with Crippen molar-refractivity contribution >= 4 is 15.9 Å². The first kappa shape index (κ1) is 16.8. The third kappa shape index (κ3) is 3.46. The van der Waals surface area contributed by atoms with E-state index in [2.05, 4.69) is 22.9 Å². The number of methoxy groups -OCH3 is 1. The smallest absolute Gasteiger partial charge is 0.143 e. The first-order valence-electron chi connectivity index (χ1n) is 7.25. The van der Waals surface area contributed by atoms with Gasteiger partial charge in [-0.25, -0.2) is 8.78 Å². The number of hydrogen-bond acceptors (Lipinski definition) is 2. The van der Waals surface area contributed by atoms with Gasteiger partial charge in [-0.1, -0.05) is 19.8 Å². The van der Waals surface area contributed by atoms with Crippen LogP contribution in [0, 0.1) is 17.6 Å². The fourth-order valence-electron chi connectivity index (χ4n) is 3.30. The molecule has 3 unspecified atom stereocenters. The number of hydrogen-bond donors (Lipinski definition) is 1. The second-order valence-electron chi connectivity index (χ2n) is 6.01. The number of benzene rings is 1. The Morgan fingerprint density at radius 1 is 1.48 bits per heavy atom. The fourth-order valence-corrected chi connectivity index (χ4v) is 3.67. The van der Waals surface area contributed by atoms with Gasteiger partial charge in [0.25, 0.3) is 0 Å². The molecule has 1 fully saturated rings. The highest BCUT2D eigenvalue weighted by molar-refractivity contribution is 9.10. The van der Waals surface area contributed by atoms with E-state index in [1.165, 1.54) is 12.1 Å². The van der Waals surface area contributed by atoms with Gasteiger partial charge in [0.05, 0.1) is 16.2 Å². The molecular weight excluding hydrogens is 342 g/mol. The lowest BCUT2D eigenvalue weighted by molar-refractivity contribution is -0.131. The van der Waals surface area contributed by atoms with Crippen molar-refractivity contribution in [2.45, 2.75) is 50.7 Å². The highest BCUT2D eigenvalue weighted by atomic mass is 79.9. The van der Waals surface area contributed by atoms with E-state index in [4.69, 9.17) is 4.74 Å². The van der Waals surface area contributed by atoms with Gasteiger partial charge < -0.3 is 9.84 Å². The van der Waals surface area contributed by atoms with Crippen LogP contribution in [-0.4, -0.2) is 23.9 Å². The van der Waals surface area contributed by atoms with Crippen LogP contribution in [0.5, 0.6) is 0 Å². The summed E-state index contributed by atoms with van der Waals surface area (Å²) in [6.07, 6.45) is 2.46. The van der Waals surface area contributed by atoms with E-state index in [1.54, 1.807) is 7.11 Å². The molecule has 3 atom stereocenters. The van der Waals surface area contributed by atoms with Crippen molar-refractivity contribution < 1.29 is 18.6 Å². The van der Waals surface area contributed by atoms with Crippen molar-refractivity contribution in [3.05, 3.63) is 33.8 Å². The molecule has 0 aliphatic heterocycles. The number of ether oxygens (including phenoxy) is 1. The minimum atomic E-state index is -0.927. The molecule has 1 aromatic carbocycles. The van der Waals surface area contributed by atoms with Gasteiger partial charge in [-0.3, -0.25) is 0 Å². The molecule has 1 N–H and O–H groups in total. The Morgan fingerprint density at radius 2 is 2.19 bits per heavy atom. The monoisotopic (exact) mass is 362 g/mol. The molecule has 5 heteroatoms.